The molecular weight excluding hydrogens is 894 g/mol. The van der Waals surface area contributed by atoms with E-state index in [2.05, 4.69) is 151 Å². The minimum absolute atomic E-state index is 0. The van der Waals surface area contributed by atoms with Gasteiger partial charge in [0.1, 0.15) is 0 Å². The van der Waals surface area contributed by atoms with Crippen LogP contribution in [0.25, 0.3) is 54.8 Å². The van der Waals surface area contributed by atoms with Crippen LogP contribution in [0.5, 0.6) is 0 Å². The van der Waals surface area contributed by atoms with E-state index < -0.39 is 26.5 Å². The Hall–Kier alpha value is -3.08. The van der Waals surface area contributed by atoms with Crippen molar-refractivity contribution < 1.29 is 20.1 Å². The first kappa shape index (κ1) is 37.2. The summed E-state index contributed by atoms with van der Waals surface area (Å²) in [6.07, 6.45) is 5.31. The second-order valence-electron chi connectivity index (χ2n) is 15.3. The van der Waals surface area contributed by atoms with Crippen LogP contribution in [0.2, 0.25) is 34.5 Å². The summed E-state index contributed by atoms with van der Waals surface area (Å²) in [4.78, 5) is 9.48. The van der Waals surface area contributed by atoms with Crippen LogP contribution in [0.1, 0.15) is 19.4 Å². The Morgan fingerprint density at radius 1 is 0.571 bits per heavy atom. The van der Waals surface area contributed by atoms with Crippen LogP contribution in [0, 0.1) is 18.1 Å². The Kier molecular flexibility index (Phi) is 11.7. The standard InChI is InChI=1S/C30H30GeN.C14H16GeN.Ir/c1-20(2)16-22-18-30(32-19-29(22)31(3,4)5)21-14-15-27-25-12-7-6-10-23(25)24-11-8-9-13-26(24)28(27)17-21;1-15(2,3)13-9-10-14(16-11-13)12-7-5-4-6-8-12;/h6-13,15,17-20H,16H2,1-5H3;4-7,9-11H,1-3H3;/q2*-1;. The summed E-state index contributed by atoms with van der Waals surface area (Å²) in [5.74, 6) is 15.1. The zero-order valence-corrected chi connectivity index (χ0v) is 36.6. The molecule has 7 aromatic rings. The first-order valence-corrected chi connectivity index (χ1v) is 31.8. The second kappa shape index (κ2) is 15.4. The van der Waals surface area contributed by atoms with Crippen LogP contribution in [0.4, 0.5) is 0 Å². The number of nitrogens with zero attached hydrogens (tertiary/aromatic N) is 2. The van der Waals surface area contributed by atoms with Gasteiger partial charge in [-0.15, -0.1) is 0 Å². The summed E-state index contributed by atoms with van der Waals surface area (Å²) < 4.78 is 2.97. The Balaban J connectivity index is 0.000000233. The maximum absolute atomic E-state index is 4.95. The Morgan fingerprint density at radius 2 is 1.16 bits per heavy atom. The van der Waals surface area contributed by atoms with Gasteiger partial charge in [-0.3, -0.25) is 0 Å². The molecule has 0 aliphatic heterocycles. The van der Waals surface area contributed by atoms with Crippen molar-refractivity contribution >= 4 is 67.6 Å². The van der Waals surface area contributed by atoms with Gasteiger partial charge in [-0.25, -0.2) is 0 Å². The van der Waals surface area contributed by atoms with E-state index in [0.29, 0.717) is 5.92 Å². The largest absolute Gasteiger partial charge is 0 e. The van der Waals surface area contributed by atoms with Gasteiger partial charge in [0.25, 0.3) is 0 Å². The topological polar surface area (TPSA) is 25.8 Å². The molecule has 0 amide bonds. The van der Waals surface area contributed by atoms with Crippen molar-refractivity contribution in [2.24, 2.45) is 5.92 Å². The van der Waals surface area contributed by atoms with Crippen LogP contribution in [-0.2, 0) is 26.5 Å². The Labute approximate surface area is 311 Å². The van der Waals surface area contributed by atoms with Crippen molar-refractivity contribution in [3.8, 4) is 22.5 Å². The molecule has 0 aliphatic rings. The first-order valence-electron chi connectivity index (χ1n) is 17.1. The van der Waals surface area contributed by atoms with Gasteiger partial charge in [-0.05, 0) is 0 Å². The molecule has 5 aromatic carbocycles. The molecule has 0 saturated heterocycles. The zero-order chi connectivity index (χ0) is 34.1. The van der Waals surface area contributed by atoms with Gasteiger partial charge in [0, 0.05) is 20.1 Å². The van der Waals surface area contributed by atoms with E-state index in [-0.39, 0.29) is 20.1 Å². The molecule has 0 spiro atoms. The molecule has 0 bridgehead atoms. The van der Waals surface area contributed by atoms with E-state index in [1.165, 1.54) is 46.7 Å². The van der Waals surface area contributed by atoms with Crippen molar-refractivity contribution in [3.63, 3.8) is 0 Å². The third-order valence-electron chi connectivity index (χ3n) is 8.99. The number of rotatable bonds is 6. The molecule has 0 fully saturated rings. The van der Waals surface area contributed by atoms with Crippen molar-refractivity contribution in [3.05, 3.63) is 133 Å². The summed E-state index contributed by atoms with van der Waals surface area (Å²) in [5.41, 5.74) is 5.67. The number of hydrogen-bond donors (Lipinski definition) is 0. The molecule has 2 nitrogen and oxygen atoms in total. The summed E-state index contributed by atoms with van der Waals surface area (Å²) in [5, 5.41) is 7.71. The predicted octanol–water partition coefficient (Wildman–Crippen LogP) is 10.8. The van der Waals surface area contributed by atoms with Crippen LogP contribution in [0.15, 0.2) is 116 Å². The number of hydrogen-bond acceptors (Lipinski definition) is 2. The fourth-order valence-corrected chi connectivity index (χ4v) is 12.0. The van der Waals surface area contributed by atoms with E-state index in [1.807, 2.05) is 30.5 Å². The number of pyridine rings is 2. The van der Waals surface area contributed by atoms with Crippen molar-refractivity contribution in [2.75, 3.05) is 0 Å². The monoisotopic (exact) mass is 943 g/mol. The van der Waals surface area contributed by atoms with Gasteiger partial charge >= 0.3 is 294 Å². The van der Waals surface area contributed by atoms with Crippen molar-refractivity contribution in [1.82, 2.24) is 9.97 Å². The van der Waals surface area contributed by atoms with Gasteiger partial charge in [-0.2, -0.15) is 0 Å². The molecule has 49 heavy (non-hydrogen) atoms. The van der Waals surface area contributed by atoms with E-state index >= 15 is 0 Å². The minimum Gasteiger partial charge on any atom is 0 e. The third-order valence-corrected chi connectivity index (χ3v) is 17.6. The molecule has 0 unspecified atom stereocenters. The fraction of sp³-hybridized carbons (Fsp3) is 0.227. The second-order valence-corrected chi connectivity index (χ2v) is 36.5. The van der Waals surface area contributed by atoms with Crippen molar-refractivity contribution in [2.45, 2.75) is 54.8 Å². The van der Waals surface area contributed by atoms with E-state index in [4.69, 9.17) is 4.98 Å². The van der Waals surface area contributed by atoms with Gasteiger partial charge in [-0.1, -0.05) is 0 Å². The summed E-state index contributed by atoms with van der Waals surface area (Å²) >= 11 is -3.70. The molecule has 5 heteroatoms. The fourth-order valence-electron chi connectivity index (χ4n) is 6.47. The number of benzene rings is 5. The molecule has 0 atom stereocenters. The Morgan fingerprint density at radius 3 is 1.69 bits per heavy atom. The summed E-state index contributed by atoms with van der Waals surface area (Å²) in [6, 6.07) is 43.3. The van der Waals surface area contributed by atoms with Crippen LogP contribution in [0.3, 0.4) is 0 Å². The average molecular weight is 940 g/mol. The molecule has 0 aliphatic carbocycles. The minimum atomic E-state index is -1.99. The van der Waals surface area contributed by atoms with E-state index in [1.54, 1.807) is 0 Å². The van der Waals surface area contributed by atoms with Gasteiger partial charge < -0.3 is 0 Å². The molecule has 1 radical (unpaired) electrons. The summed E-state index contributed by atoms with van der Waals surface area (Å²) in [7, 11) is 0. The zero-order valence-electron chi connectivity index (χ0n) is 30.0. The van der Waals surface area contributed by atoms with Crippen molar-refractivity contribution in [1.29, 1.82) is 0 Å². The molecule has 0 N–H and O–H groups in total. The van der Waals surface area contributed by atoms with Crippen LogP contribution in [-0.4, -0.2) is 36.5 Å². The quantitative estimate of drug-likeness (QED) is 0.0943. The normalized spacial score (nSPS) is 11.8. The molecule has 251 valence electrons. The number of fused-ring (bicyclic) bond motifs is 6. The van der Waals surface area contributed by atoms with E-state index in [0.717, 1.165) is 28.9 Å². The molecule has 7 rings (SSSR count). The SMILES string of the molecule is CC(C)Cc1cc(-c2[c-]cc3c4ccccc4c4ccccc4c3c2)nc[c]1[Ge]([CH3])([CH3])[CH3].[CH3][Ge]([CH3])([CH3])[c]1ccc(-c2[c-]cccc2)nc1.[Ir]. The van der Waals surface area contributed by atoms with E-state index in [9.17, 15) is 0 Å². The summed E-state index contributed by atoms with van der Waals surface area (Å²) in [6.45, 7) is 4.61. The molecule has 0 saturated carbocycles. The average Bonchev–Trinajstić information content (AvgIpc) is 3.08. The third kappa shape index (κ3) is 8.45. The van der Waals surface area contributed by atoms with Gasteiger partial charge in [0.05, 0.1) is 0 Å². The molecule has 2 aromatic heterocycles. The van der Waals surface area contributed by atoms with Gasteiger partial charge in [0.15, 0.2) is 0 Å². The smallest absolute Gasteiger partial charge is 0 e. The molecular formula is C44H46Ge2IrN2-2. The first-order chi connectivity index (χ1) is 22.9. The van der Waals surface area contributed by atoms with Gasteiger partial charge in [0.2, 0.25) is 0 Å². The Bertz CT molecular complexity index is 2160. The maximum Gasteiger partial charge on any atom is 0 e. The predicted molar refractivity (Wildman–Crippen MR) is 214 cm³/mol. The number of aromatic nitrogens is 2. The van der Waals surface area contributed by atoms with Crippen LogP contribution < -0.4 is 8.79 Å². The van der Waals surface area contributed by atoms with Crippen LogP contribution >= 0.6 is 0 Å². The molecule has 2 heterocycles. The maximum atomic E-state index is 4.95.